The average molecular weight is 381 g/mol. The third-order valence-corrected chi connectivity index (χ3v) is 6.60. The van der Waals surface area contributed by atoms with Crippen LogP contribution in [0.2, 0.25) is 0 Å². The molecule has 0 aliphatic carbocycles. The third-order valence-electron chi connectivity index (χ3n) is 4.85. The van der Waals surface area contributed by atoms with Gasteiger partial charge in [0.2, 0.25) is 0 Å². The Morgan fingerprint density at radius 3 is 2.50 bits per heavy atom. The van der Waals surface area contributed by atoms with E-state index >= 15 is 0 Å². The second kappa shape index (κ2) is 8.20. The van der Waals surface area contributed by atoms with Crippen molar-refractivity contribution in [3.63, 3.8) is 0 Å². The van der Waals surface area contributed by atoms with E-state index in [9.17, 15) is 18.0 Å². The molecule has 1 saturated heterocycles. The molecule has 0 unspecified atom stereocenters. The average Bonchev–Trinajstić information content (AvgIpc) is 2.91. The number of esters is 1. The van der Waals surface area contributed by atoms with Crippen LogP contribution in [-0.2, 0) is 30.6 Å². The molecule has 0 saturated carbocycles. The van der Waals surface area contributed by atoms with Crippen molar-refractivity contribution >= 4 is 21.7 Å². The van der Waals surface area contributed by atoms with Crippen LogP contribution in [0.3, 0.4) is 0 Å². The Bertz CT molecular complexity index is 787. The standard InChI is InChI=1S/C19H27NO5S/c1-5-20(17-8-9-26(23,24)12-17)19(22)15(4)25-18(21)11-16-7-6-13(2)14(3)10-16/h6-7,10,15,17H,5,8-9,11-12H2,1-4H3/t15-,17-/m1/s1. The van der Waals surface area contributed by atoms with Gasteiger partial charge in [-0.1, -0.05) is 18.2 Å². The van der Waals surface area contributed by atoms with Crippen molar-refractivity contribution in [2.45, 2.75) is 52.7 Å². The lowest BCUT2D eigenvalue weighted by Gasteiger charge is -2.29. The highest BCUT2D eigenvalue weighted by Gasteiger charge is 2.36. The predicted molar refractivity (Wildman–Crippen MR) is 99.6 cm³/mol. The Labute approximate surface area is 155 Å². The molecule has 2 rings (SSSR count). The number of ether oxygens (including phenoxy) is 1. The first-order valence-corrected chi connectivity index (χ1v) is 10.7. The van der Waals surface area contributed by atoms with Gasteiger partial charge in [-0.05, 0) is 50.8 Å². The summed E-state index contributed by atoms with van der Waals surface area (Å²) >= 11 is 0. The van der Waals surface area contributed by atoms with Gasteiger partial charge >= 0.3 is 5.97 Å². The van der Waals surface area contributed by atoms with E-state index in [4.69, 9.17) is 4.74 Å². The number of benzene rings is 1. The van der Waals surface area contributed by atoms with Crippen LogP contribution >= 0.6 is 0 Å². The highest BCUT2D eigenvalue weighted by molar-refractivity contribution is 7.91. The molecule has 1 aromatic carbocycles. The maximum atomic E-state index is 12.6. The summed E-state index contributed by atoms with van der Waals surface area (Å²) in [4.78, 5) is 26.3. The fourth-order valence-electron chi connectivity index (χ4n) is 3.22. The monoisotopic (exact) mass is 381 g/mol. The number of carbonyl (C=O) groups excluding carboxylic acids is 2. The first-order chi connectivity index (χ1) is 12.1. The lowest BCUT2D eigenvalue weighted by Crippen LogP contribution is -2.46. The Kier molecular flexibility index (Phi) is 6.44. The zero-order valence-electron chi connectivity index (χ0n) is 15.8. The van der Waals surface area contributed by atoms with Crippen molar-refractivity contribution in [2.24, 2.45) is 0 Å². The van der Waals surface area contributed by atoms with E-state index in [0.29, 0.717) is 13.0 Å². The van der Waals surface area contributed by atoms with Gasteiger partial charge in [0.15, 0.2) is 15.9 Å². The molecule has 0 radical (unpaired) electrons. The third kappa shape index (κ3) is 5.06. The molecule has 1 aromatic rings. The molecule has 1 aliphatic rings. The maximum Gasteiger partial charge on any atom is 0.311 e. The molecular weight excluding hydrogens is 354 g/mol. The molecule has 26 heavy (non-hydrogen) atoms. The number of hydrogen-bond donors (Lipinski definition) is 0. The molecule has 0 aromatic heterocycles. The van der Waals surface area contributed by atoms with E-state index in [1.165, 1.54) is 11.8 Å². The van der Waals surface area contributed by atoms with Crippen LogP contribution in [0.15, 0.2) is 18.2 Å². The second-order valence-corrected chi connectivity index (χ2v) is 9.14. The summed E-state index contributed by atoms with van der Waals surface area (Å²) in [6, 6.07) is 5.42. The van der Waals surface area contributed by atoms with Crippen LogP contribution < -0.4 is 0 Å². The second-order valence-electron chi connectivity index (χ2n) is 6.91. The van der Waals surface area contributed by atoms with Gasteiger partial charge in [-0.3, -0.25) is 9.59 Å². The van der Waals surface area contributed by atoms with Crippen LogP contribution in [-0.4, -0.2) is 55.4 Å². The van der Waals surface area contributed by atoms with Crippen molar-refractivity contribution < 1.29 is 22.7 Å². The Balaban J connectivity index is 1.96. The number of aryl methyl sites for hydroxylation is 2. The molecule has 144 valence electrons. The van der Waals surface area contributed by atoms with Crippen LogP contribution in [0.5, 0.6) is 0 Å². The van der Waals surface area contributed by atoms with E-state index in [2.05, 4.69) is 0 Å². The van der Waals surface area contributed by atoms with Crippen LogP contribution in [0.1, 0.15) is 37.0 Å². The van der Waals surface area contributed by atoms with E-state index in [1.807, 2.05) is 32.0 Å². The zero-order valence-corrected chi connectivity index (χ0v) is 16.6. The van der Waals surface area contributed by atoms with Gasteiger partial charge in [0.25, 0.3) is 5.91 Å². The van der Waals surface area contributed by atoms with Gasteiger partial charge in [-0.2, -0.15) is 0 Å². The summed E-state index contributed by atoms with van der Waals surface area (Å²) in [7, 11) is -3.08. The molecule has 0 spiro atoms. The zero-order chi connectivity index (χ0) is 19.5. The quantitative estimate of drug-likeness (QED) is 0.702. The summed E-state index contributed by atoms with van der Waals surface area (Å²) < 4.78 is 28.6. The minimum absolute atomic E-state index is 0.0180. The fraction of sp³-hybridized carbons (Fsp3) is 0.579. The lowest BCUT2D eigenvalue weighted by atomic mass is 10.0. The molecule has 0 bridgehead atoms. The van der Waals surface area contributed by atoms with Crippen LogP contribution in [0, 0.1) is 13.8 Å². The summed E-state index contributed by atoms with van der Waals surface area (Å²) in [6.45, 7) is 7.70. The first kappa shape index (κ1) is 20.4. The fourth-order valence-corrected chi connectivity index (χ4v) is 4.95. The van der Waals surface area contributed by atoms with E-state index in [0.717, 1.165) is 16.7 Å². The van der Waals surface area contributed by atoms with Crippen molar-refractivity contribution in [3.8, 4) is 0 Å². The Morgan fingerprint density at radius 2 is 1.96 bits per heavy atom. The molecule has 2 atom stereocenters. The Hall–Kier alpha value is -1.89. The first-order valence-electron chi connectivity index (χ1n) is 8.89. The van der Waals surface area contributed by atoms with Gasteiger partial charge in [0.1, 0.15) is 0 Å². The number of rotatable bonds is 6. The number of carbonyl (C=O) groups is 2. The highest BCUT2D eigenvalue weighted by atomic mass is 32.2. The molecular formula is C19H27NO5S. The summed E-state index contributed by atoms with van der Waals surface area (Å²) in [6.07, 6.45) is -0.397. The summed E-state index contributed by atoms with van der Waals surface area (Å²) in [5.41, 5.74) is 3.08. The van der Waals surface area contributed by atoms with Crippen LogP contribution in [0.25, 0.3) is 0 Å². The predicted octanol–water partition coefficient (Wildman–Crippen LogP) is 1.81. The van der Waals surface area contributed by atoms with Gasteiger partial charge in [0, 0.05) is 12.6 Å². The lowest BCUT2D eigenvalue weighted by molar-refractivity contribution is -0.159. The Morgan fingerprint density at radius 1 is 1.27 bits per heavy atom. The molecule has 1 fully saturated rings. The topological polar surface area (TPSA) is 80.8 Å². The summed E-state index contributed by atoms with van der Waals surface area (Å²) in [5.74, 6) is -0.731. The number of likely N-dealkylation sites (N-methyl/N-ethyl adjacent to an activating group) is 1. The van der Waals surface area contributed by atoms with E-state index < -0.39 is 21.9 Å². The SMILES string of the molecule is CCN(C(=O)[C@@H](C)OC(=O)Cc1ccc(C)c(C)c1)[C@@H]1CCS(=O)(=O)C1. The van der Waals surface area contributed by atoms with Gasteiger partial charge in [0.05, 0.1) is 17.9 Å². The molecule has 6 nitrogen and oxygen atoms in total. The number of sulfone groups is 1. The van der Waals surface area contributed by atoms with Crippen LogP contribution in [0.4, 0.5) is 0 Å². The number of nitrogens with zero attached hydrogens (tertiary/aromatic N) is 1. The molecule has 7 heteroatoms. The minimum atomic E-state index is -3.08. The van der Waals surface area contributed by atoms with Crippen molar-refractivity contribution in [1.29, 1.82) is 0 Å². The maximum absolute atomic E-state index is 12.6. The van der Waals surface area contributed by atoms with E-state index in [1.54, 1.807) is 6.92 Å². The number of amides is 1. The minimum Gasteiger partial charge on any atom is -0.452 e. The van der Waals surface area contributed by atoms with Crippen molar-refractivity contribution in [2.75, 3.05) is 18.1 Å². The highest BCUT2D eigenvalue weighted by Crippen LogP contribution is 2.19. The summed E-state index contributed by atoms with van der Waals surface area (Å²) in [5, 5.41) is 0. The van der Waals surface area contributed by atoms with Gasteiger partial charge in [-0.25, -0.2) is 8.42 Å². The van der Waals surface area contributed by atoms with Gasteiger partial charge < -0.3 is 9.64 Å². The van der Waals surface area contributed by atoms with Gasteiger partial charge in [-0.15, -0.1) is 0 Å². The number of hydrogen-bond acceptors (Lipinski definition) is 5. The molecule has 1 aliphatic heterocycles. The van der Waals surface area contributed by atoms with Crippen molar-refractivity contribution in [1.82, 2.24) is 4.90 Å². The van der Waals surface area contributed by atoms with E-state index in [-0.39, 0.29) is 29.9 Å². The largest absolute Gasteiger partial charge is 0.452 e. The molecule has 1 amide bonds. The smallest absolute Gasteiger partial charge is 0.311 e. The normalized spacial score (nSPS) is 19.8. The molecule has 1 heterocycles. The molecule has 0 N–H and O–H groups in total. The van der Waals surface area contributed by atoms with Crippen molar-refractivity contribution in [3.05, 3.63) is 34.9 Å².